The lowest BCUT2D eigenvalue weighted by molar-refractivity contribution is -0.387. The predicted octanol–water partition coefficient (Wildman–Crippen LogP) is 7.06. The molecule has 10 nitrogen and oxygen atoms in total. The van der Waals surface area contributed by atoms with Gasteiger partial charge in [0.25, 0.3) is 23.4 Å². The van der Waals surface area contributed by atoms with Crippen molar-refractivity contribution in [2.45, 2.75) is 23.1 Å². The SMILES string of the molecule is Cc1ccc(N2C(=O)/C(=C/c3ccc(Sc4nc5ccc(NC(=O)c6ccccc6)cc5s4)c([N+](=O)[O-])c3)C(=O)NC2=S)cc1C. The fourth-order valence-corrected chi connectivity index (χ4v) is 7.12. The normalized spacial score (nSPS) is 14.1. The number of nitrogens with zero attached hydrogens (tertiary/aromatic N) is 3. The highest BCUT2D eigenvalue weighted by Gasteiger charge is 2.34. The summed E-state index contributed by atoms with van der Waals surface area (Å²) in [5, 5.41) is 17.5. The Morgan fingerprint density at radius 3 is 2.54 bits per heavy atom. The molecule has 0 radical (unpaired) electrons. The second-order valence-electron chi connectivity index (χ2n) is 10.3. The van der Waals surface area contributed by atoms with Crippen molar-refractivity contribution in [1.82, 2.24) is 10.3 Å². The van der Waals surface area contributed by atoms with Crippen LogP contribution < -0.4 is 15.5 Å². The Morgan fingerprint density at radius 1 is 1.02 bits per heavy atom. The first kappa shape index (κ1) is 30.8. The molecule has 13 heteroatoms. The lowest BCUT2D eigenvalue weighted by atomic mass is 10.0. The van der Waals surface area contributed by atoms with E-state index < -0.39 is 16.7 Å². The van der Waals surface area contributed by atoms with Crippen molar-refractivity contribution in [3.63, 3.8) is 0 Å². The minimum atomic E-state index is -0.690. The highest BCUT2D eigenvalue weighted by molar-refractivity contribution is 8.01. The Labute approximate surface area is 276 Å². The summed E-state index contributed by atoms with van der Waals surface area (Å²) in [4.78, 5) is 56.6. The van der Waals surface area contributed by atoms with Crippen molar-refractivity contribution >= 4 is 91.5 Å². The van der Waals surface area contributed by atoms with Crippen LogP contribution >= 0.6 is 35.3 Å². The van der Waals surface area contributed by atoms with Crippen molar-refractivity contribution in [3.05, 3.63) is 123 Å². The fraction of sp³-hybridized carbons (Fsp3) is 0.0606. The van der Waals surface area contributed by atoms with Crippen LogP contribution in [-0.4, -0.2) is 32.7 Å². The molecular formula is C33H23N5O5S3. The largest absolute Gasteiger partial charge is 0.322 e. The Morgan fingerprint density at radius 2 is 1.80 bits per heavy atom. The van der Waals surface area contributed by atoms with Crippen molar-refractivity contribution in [3.8, 4) is 0 Å². The van der Waals surface area contributed by atoms with Crippen molar-refractivity contribution in [2.24, 2.45) is 0 Å². The van der Waals surface area contributed by atoms with E-state index >= 15 is 0 Å². The minimum absolute atomic E-state index is 0.0466. The molecule has 228 valence electrons. The van der Waals surface area contributed by atoms with Crippen molar-refractivity contribution in [1.29, 1.82) is 0 Å². The summed E-state index contributed by atoms with van der Waals surface area (Å²) in [6.07, 6.45) is 1.32. The fourth-order valence-electron chi connectivity index (χ4n) is 4.69. The molecule has 6 rings (SSSR count). The van der Waals surface area contributed by atoms with E-state index in [-0.39, 0.29) is 22.3 Å². The first-order chi connectivity index (χ1) is 22.1. The molecule has 1 aliphatic heterocycles. The van der Waals surface area contributed by atoms with E-state index in [1.165, 1.54) is 28.4 Å². The van der Waals surface area contributed by atoms with Gasteiger partial charge in [0.2, 0.25) is 0 Å². The molecule has 0 saturated carbocycles. The maximum Gasteiger partial charge on any atom is 0.283 e. The van der Waals surface area contributed by atoms with Crippen LogP contribution in [0.2, 0.25) is 0 Å². The van der Waals surface area contributed by atoms with Crippen LogP contribution in [0.25, 0.3) is 16.3 Å². The molecule has 5 aromatic rings. The number of hydrogen-bond acceptors (Lipinski definition) is 9. The average Bonchev–Trinajstić information content (AvgIpc) is 3.43. The third-order valence-corrected chi connectivity index (χ3v) is 9.63. The van der Waals surface area contributed by atoms with Crippen molar-refractivity contribution < 1.29 is 19.3 Å². The number of amides is 3. The van der Waals surface area contributed by atoms with Crippen molar-refractivity contribution in [2.75, 3.05) is 10.2 Å². The number of carbonyl (C=O) groups excluding carboxylic acids is 3. The minimum Gasteiger partial charge on any atom is -0.322 e. The van der Waals surface area contributed by atoms with Gasteiger partial charge < -0.3 is 5.32 Å². The maximum atomic E-state index is 13.5. The Kier molecular flexibility index (Phi) is 8.45. The van der Waals surface area contributed by atoms with E-state index in [1.807, 2.05) is 26.0 Å². The summed E-state index contributed by atoms with van der Waals surface area (Å²) in [6, 6.07) is 24.1. The summed E-state index contributed by atoms with van der Waals surface area (Å²) in [5.41, 5.74) is 4.18. The number of fused-ring (bicyclic) bond motifs is 1. The van der Waals surface area contributed by atoms with Crippen LogP contribution in [0, 0.1) is 24.0 Å². The molecule has 0 atom stereocenters. The van der Waals surface area contributed by atoms with Crippen LogP contribution in [-0.2, 0) is 9.59 Å². The Hall–Kier alpha value is -5.24. The highest BCUT2D eigenvalue weighted by atomic mass is 32.2. The van der Waals surface area contributed by atoms with Crippen LogP contribution in [0.15, 0.2) is 99.7 Å². The lowest BCUT2D eigenvalue weighted by Gasteiger charge is -2.29. The Bertz CT molecular complexity index is 2130. The Balaban J connectivity index is 1.25. The number of rotatable bonds is 7. The van der Waals surface area contributed by atoms with Gasteiger partial charge in [0.05, 0.1) is 25.7 Å². The van der Waals surface area contributed by atoms with Gasteiger partial charge in [-0.1, -0.05) is 42.1 Å². The van der Waals surface area contributed by atoms with Gasteiger partial charge in [-0.15, -0.1) is 11.3 Å². The standard InChI is InChI=1S/C33H23N5O5S3/c1-18-8-11-23(14-19(18)2)37-31(41)24(30(40)36-32(37)44)15-20-9-13-27(26(16-20)38(42)43)45-33-35-25-12-10-22(17-28(25)46-33)34-29(39)21-6-4-3-5-7-21/h3-17H,1-2H3,(H,34,39)(H,36,40,44)/b24-15+. The molecule has 3 amide bonds. The number of aromatic nitrogens is 1. The molecule has 4 aromatic carbocycles. The van der Waals surface area contributed by atoms with Crippen LogP contribution in [0.5, 0.6) is 0 Å². The summed E-state index contributed by atoms with van der Waals surface area (Å²) in [6.45, 7) is 3.85. The average molecular weight is 666 g/mol. The van der Waals surface area contributed by atoms with Crippen LogP contribution in [0.4, 0.5) is 17.1 Å². The number of benzene rings is 4. The quantitative estimate of drug-likeness (QED) is 0.0621. The molecule has 2 N–H and O–H groups in total. The van der Waals surface area contributed by atoms with E-state index in [0.29, 0.717) is 37.3 Å². The zero-order chi connectivity index (χ0) is 32.5. The predicted molar refractivity (Wildman–Crippen MR) is 183 cm³/mol. The van der Waals surface area contributed by atoms with Crippen LogP contribution in [0.3, 0.4) is 0 Å². The molecule has 0 bridgehead atoms. The zero-order valence-corrected chi connectivity index (χ0v) is 26.7. The van der Waals surface area contributed by atoms with Gasteiger partial charge in [-0.2, -0.15) is 0 Å². The molecule has 1 aliphatic rings. The molecule has 0 aliphatic carbocycles. The first-order valence-electron chi connectivity index (χ1n) is 13.8. The smallest absolute Gasteiger partial charge is 0.283 e. The third-order valence-electron chi connectivity index (χ3n) is 7.20. The van der Waals surface area contributed by atoms with E-state index in [2.05, 4.69) is 15.6 Å². The number of carbonyl (C=O) groups is 3. The number of aryl methyl sites for hydroxylation is 2. The maximum absolute atomic E-state index is 13.5. The number of nitro benzene ring substituents is 1. The molecule has 0 unspecified atom stereocenters. The van der Waals surface area contributed by atoms with Gasteiger partial charge in [0.1, 0.15) is 5.57 Å². The van der Waals surface area contributed by atoms with E-state index in [4.69, 9.17) is 12.2 Å². The van der Waals surface area contributed by atoms with Gasteiger partial charge in [-0.3, -0.25) is 34.7 Å². The van der Waals surface area contributed by atoms with Gasteiger partial charge in [0, 0.05) is 17.3 Å². The van der Waals surface area contributed by atoms with Gasteiger partial charge in [-0.25, -0.2) is 4.98 Å². The van der Waals surface area contributed by atoms with Gasteiger partial charge in [0.15, 0.2) is 9.45 Å². The van der Waals surface area contributed by atoms with Gasteiger partial charge >= 0.3 is 0 Å². The van der Waals surface area contributed by atoms with E-state index in [9.17, 15) is 24.5 Å². The summed E-state index contributed by atoms with van der Waals surface area (Å²) in [5.74, 6) is -1.56. The molecular weight excluding hydrogens is 643 g/mol. The molecule has 1 fully saturated rings. The van der Waals surface area contributed by atoms with Gasteiger partial charge in [-0.05, 0) is 97.4 Å². The molecule has 1 saturated heterocycles. The molecule has 2 heterocycles. The molecule has 1 aromatic heterocycles. The third kappa shape index (κ3) is 6.29. The highest BCUT2D eigenvalue weighted by Crippen LogP contribution is 2.40. The summed E-state index contributed by atoms with van der Waals surface area (Å²) >= 11 is 7.75. The number of nitrogens with one attached hydrogen (secondary N) is 2. The van der Waals surface area contributed by atoms with Crippen LogP contribution in [0.1, 0.15) is 27.0 Å². The topological polar surface area (TPSA) is 135 Å². The second kappa shape index (κ2) is 12.6. The monoisotopic (exact) mass is 665 g/mol. The van der Waals surface area contributed by atoms with E-state index in [0.717, 1.165) is 27.6 Å². The molecule has 0 spiro atoms. The summed E-state index contributed by atoms with van der Waals surface area (Å²) < 4.78 is 1.36. The number of hydrogen-bond donors (Lipinski definition) is 2. The van der Waals surface area contributed by atoms with E-state index in [1.54, 1.807) is 66.7 Å². The summed E-state index contributed by atoms with van der Waals surface area (Å²) in [7, 11) is 0. The number of thiocarbonyl (C=S) groups is 1. The zero-order valence-electron chi connectivity index (χ0n) is 24.3. The first-order valence-corrected chi connectivity index (χ1v) is 15.8. The lowest BCUT2D eigenvalue weighted by Crippen LogP contribution is -2.54. The number of nitro groups is 1. The molecule has 46 heavy (non-hydrogen) atoms. The number of thiazole rings is 1. The second-order valence-corrected chi connectivity index (χ2v) is 13.0. The number of anilines is 2.